The van der Waals surface area contributed by atoms with Gasteiger partial charge in [-0.2, -0.15) is 0 Å². The van der Waals surface area contributed by atoms with Crippen LogP contribution in [0, 0.1) is 39.5 Å². The Morgan fingerprint density at radius 2 is 0.964 bits per heavy atom. The molecule has 0 aromatic heterocycles. The van der Waals surface area contributed by atoms with Gasteiger partial charge >= 0.3 is 23.9 Å². The second-order valence-electron chi connectivity index (χ2n) is 4.04. The van der Waals surface area contributed by atoms with Crippen molar-refractivity contribution in [2.75, 3.05) is 13.2 Å². The third kappa shape index (κ3) is 84.7. The molecule has 0 saturated carbocycles. The SMILES string of the molecule is CCC(=O)O.CCC(=O)O.[CH2][CH][CH]COC(C)=O.[CH2][CH][CH]COC(C)=O.[Pd].[Pd]. The van der Waals surface area contributed by atoms with Crippen LogP contribution >= 0.6 is 0 Å². The number of unbranched alkanes of at least 4 members (excludes halogenated alkanes) is 2. The van der Waals surface area contributed by atoms with E-state index in [1.54, 1.807) is 39.5 Å². The van der Waals surface area contributed by atoms with E-state index in [-0.39, 0.29) is 65.6 Å². The van der Waals surface area contributed by atoms with Gasteiger partial charge in [-0.15, -0.1) is 0 Å². The van der Waals surface area contributed by atoms with Gasteiger partial charge in [0, 0.05) is 80.4 Å². The zero-order valence-corrected chi connectivity index (χ0v) is 19.6. The Morgan fingerprint density at radius 3 is 1.07 bits per heavy atom. The average Bonchev–Trinajstić information content (AvgIpc) is 2.56. The molecule has 0 amide bonds. The molecule has 0 atom stereocenters. The van der Waals surface area contributed by atoms with Crippen LogP contribution in [0.3, 0.4) is 0 Å². The molecule has 0 fully saturated rings. The van der Waals surface area contributed by atoms with Crippen molar-refractivity contribution in [2.24, 2.45) is 0 Å². The topological polar surface area (TPSA) is 127 Å². The van der Waals surface area contributed by atoms with Crippen molar-refractivity contribution in [1.82, 2.24) is 0 Å². The molecule has 28 heavy (non-hydrogen) atoms. The second kappa shape index (κ2) is 37.0. The Kier molecular flexibility index (Phi) is 54.9. The van der Waals surface area contributed by atoms with Crippen LogP contribution in [0.2, 0.25) is 0 Å². The van der Waals surface area contributed by atoms with Gasteiger partial charge in [0.1, 0.15) is 0 Å². The van der Waals surface area contributed by atoms with Crippen LogP contribution in [0.1, 0.15) is 40.5 Å². The summed E-state index contributed by atoms with van der Waals surface area (Å²) >= 11 is 0. The van der Waals surface area contributed by atoms with E-state index in [0.29, 0.717) is 13.2 Å². The number of carbonyl (C=O) groups is 4. The molecule has 2 N–H and O–H groups in total. The maximum absolute atomic E-state index is 10.0. The van der Waals surface area contributed by atoms with E-state index in [1.807, 2.05) is 0 Å². The molecule has 0 heterocycles. The van der Waals surface area contributed by atoms with Crippen molar-refractivity contribution in [3.63, 3.8) is 0 Å². The van der Waals surface area contributed by atoms with E-state index in [9.17, 15) is 19.2 Å². The van der Waals surface area contributed by atoms with Crippen LogP contribution in [0.4, 0.5) is 0 Å². The van der Waals surface area contributed by atoms with Gasteiger partial charge in [0.15, 0.2) is 0 Å². The normalized spacial score (nSPS) is 7.64. The fourth-order valence-electron chi connectivity index (χ4n) is 0.467. The Balaban J connectivity index is -0.0000000576. The van der Waals surface area contributed by atoms with Crippen molar-refractivity contribution in [2.45, 2.75) is 40.5 Å². The van der Waals surface area contributed by atoms with Crippen molar-refractivity contribution in [3.8, 4) is 0 Å². The molecular weight excluding hydrogens is 557 g/mol. The number of hydrogen-bond acceptors (Lipinski definition) is 6. The van der Waals surface area contributed by atoms with Crippen molar-refractivity contribution < 1.29 is 79.7 Å². The molecule has 0 aliphatic carbocycles. The van der Waals surface area contributed by atoms with E-state index in [1.165, 1.54) is 13.8 Å². The molecule has 0 aromatic carbocycles. The van der Waals surface area contributed by atoms with Gasteiger partial charge in [0.2, 0.25) is 0 Å². The summed E-state index contributed by atoms with van der Waals surface area (Å²) in [5.41, 5.74) is 0. The molecule has 0 bridgehead atoms. The number of ether oxygens (including phenoxy) is 2. The van der Waals surface area contributed by atoms with Gasteiger partial charge in [0.05, 0.1) is 13.2 Å². The summed E-state index contributed by atoms with van der Waals surface area (Å²) in [5.74, 6) is -2.01. The van der Waals surface area contributed by atoms with Crippen LogP contribution in [-0.4, -0.2) is 47.3 Å². The van der Waals surface area contributed by atoms with Crippen LogP contribution in [0.5, 0.6) is 0 Å². The molecule has 0 aliphatic rings. The van der Waals surface area contributed by atoms with Crippen LogP contribution in [-0.2, 0) is 69.5 Å². The van der Waals surface area contributed by atoms with Crippen LogP contribution in [0.15, 0.2) is 0 Å². The Bertz CT molecular complexity index is 329. The van der Waals surface area contributed by atoms with Crippen LogP contribution in [0.25, 0.3) is 0 Å². The Labute approximate surface area is 196 Å². The molecular formula is C18H30O8Pd2. The first-order valence-corrected chi connectivity index (χ1v) is 7.67. The molecule has 0 saturated heterocycles. The summed E-state index contributed by atoms with van der Waals surface area (Å²) in [6.45, 7) is 13.4. The van der Waals surface area contributed by atoms with E-state index in [2.05, 4.69) is 23.3 Å². The number of aliphatic carboxylic acids is 2. The zero-order valence-electron chi connectivity index (χ0n) is 16.5. The van der Waals surface area contributed by atoms with Gasteiger partial charge < -0.3 is 19.7 Å². The van der Waals surface area contributed by atoms with Gasteiger partial charge in [-0.05, 0) is 26.7 Å². The Morgan fingerprint density at radius 1 is 0.750 bits per heavy atom. The maximum atomic E-state index is 10.0. The summed E-state index contributed by atoms with van der Waals surface area (Å²) in [6, 6.07) is 0. The molecule has 0 rings (SSSR count). The van der Waals surface area contributed by atoms with E-state index >= 15 is 0 Å². The van der Waals surface area contributed by atoms with Crippen molar-refractivity contribution >= 4 is 23.9 Å². The molecule has 8 nitrogen and oxygen atoms in total. The number of carboxylic acid groups (broad SMARTS) is 2. The minimum Gasteiger partial charge on any atom is -0.481 e. The predicted octanol–water partition coefficient (Wildman–Crippen LogP) is 2.54. The fraction of sp³-hybridized carbons (Fsp3) is 0.444. The number of carboxylic acids is 2. The quantitative estimate of drug-likeness (QED) is 0.252. The summed E-state index contributed by atoms with van der Waals surface area (Å²) in [7, 11) is 0. The summed E-state index contributed by atoms with van der Waals surface area (Å²) in [4.78, 5) is 38.8. The molecule has 6 radical (unpaired) electrons. The minimum absolute atomic E-state index is 0. The molecule has 0 spiro atoms. The summed E-state index contributed by atoms with van der Waals surface area (Å²) in [6.07, 6.45) is 6.95. The summed E-state index contributed by atoms with van der Waals surface area (Å²) < 4.78 is 9.03. The van der Waals surface area contributed by atoms with Gasteiger partial charge in [-0.1, -0.05) is 13.8 Å². The largest absolute Gasteiger partial charge is 0.481 e. The maximum Gasteiger partial charge on any atom is 0.303 e. The molecule has 0 aromatic rings. The molecule has 0 unspecified atom stereocenters. The smallest absolute Gasteiger partial charge is 0.303 e. The number of esters is 2. The Hall–Kier alpha value is -0.795. The molecule has 10 heteroatoms. The summed E-state index contributed by atoms with van der Waals surface area (Å²) in [5, 5.41) is 15.4. The van der Waals surface area contributed by atoms with E-state index in [0.717, 1.165) is 0 Å². The first-order valence-electron chi connectivity index (χ1n) is 7.67. The number of carbonyl (C=O) groups excluding carboxylic acids is 2. The standard InChI is InChI=1S/2C6H9O2.2C3H6O2.2Pd/c2*1-3-4-5-8-6(2)7;2*1-2-3(4)5;;/h2*3-4H,1,5H2,2H3;2*2H2,1H3,(H,4,5);;. The van der Waals surface area contributed by atoms with E-state index < -0.39 is 11.9 Å². The van der Waals surface area contributed by atoms with Gasteiger partial charge in [-0.25, -0.2) is 0 Å². The minimum atomic E-state index is -0.745. The number of rotatable bonds is 8. The molecule has 0 aliphatic heterocycles. The first kappa shape index (κ1) is 41.5. The third-order valence-electron chi connectivity index (χ3n) is 1.70. The predicted molar refractivity (Wildman–Crippen MR) is 97.0 cm³/mol. The van der Waals surface area contributed by atoms with E-state index in [4.69, 9.17) is 10.2 Å². The second-order valence-corrected chi connectivity index (χ2v) is 4.04. The van der Waals surface area contributed by atoms with Gasteiger partial charge in [0.25, 0.3) is 0 Å². The zero-order chi connectivity index (χ0) is 21.4. The number of hydrogen-bond donors (Lipinski definition) is 2. The first-order chi connectivity index (χ1) is 12.1. The monoisotopic (exact) mass is 586 g/mol. The molecule has 170 valence electrons. The fourth-order valence-corrected chi connectivity index (χ4v) is 0.467. The average molecular weight is 587 g/mol. The van der Waals surface area contributed by atoms with Crippen molar-refractivity contribution in [1.29, 1.82) is 0 Å². The third-order valence-corrected chi connectivity index (χ3v) is 1.70. The van der Waals surface area contributed by atoms with Crippen LogP contribution < -0.4 is 0 Å². The van der Waals surface area contributed by atoms with Gasteiger partial charge in [-0.3, -0.25) is 19.2 Å². The van der Waals surface area contributed by atoms with Crippen molar-refractivity contribution in [3.05, 3.63) is 39.5 Å².